The molecule has 1 amide bonds. The number of amides is 1. The number of nitrogens with zero attached hydrogens (tertiary/aromatic N) is 4. The fraction of sp³-hybridized carbons (Fsp3) is 0.350. The van der Waals surface area contributed by atoms with Crippen LogP contribution in [0.15, 0.2) is 24.3 Å². The Bertz CT molecular complexity index is 1170. The van der Waals surface area contributed by atoms with Crippen molar-refractivity contribution in [3.05, 3.63) is 51.9 Å². The second kappa shape index (κ2) is 8.32. The summed E-state index contributed by atoms with van der Waals surface area (Å²) in [7, 11) is 0. The molecule has 0 bridgehead atoms. The molecule has 0 saturated carbocycles. The Labute approximate surface area is 184 Å². The standard InChI is InChI=1S/C20H17ClF4N4O2/c1-10-5-14(20(23,24)25)13(7-26)18(27-10)29-8-11(9-30)17(29)19(31)28(2)12-3-4-16(22)15(21)6-12/h3-6,11,17,30H,8-9H2,1-2H3/t11-,17-/m0/s1/i2D3. The summed E-state index contributed by atoms with van der Waals surface area (Å²) in [6, 6.07) is 3.48. The van der Waals surface area contributed by atoms with Crippen LogP contribution in [0.1, 0.15) is 20.9 Å². The number of pyridine rings is 1. The molecule has 2 aromatic rings. The van der Waals surface area contributed by atoms with E-state index in [0.29, 0.717) is 11.0 Å². The largest absolute Gasteiger partial charge is 0.417 e. The van der Waals surface area contributed by atoms with Crippen LogP contribution >= 0.6 is 11.6 Å². The maximum atomic E-state index is 13.6. The summed E-state index contributed by atoms with van der Waals surface area (Å²) in [5.74, 6) is -3.30. The zero-order valence-corrected chi connectivity index (χ0v) is 16.7. The number of hydrogen-bond acceptors (Lipinski definition) is 5. The van der Waals surface area contributed by atoms with E-state index < -0.39 is 65.4 Å². The molecule has 2 atom stereocenters. The van der Waals surface area contributed by atoms with Crippen molar-refractivity contribution in [2.75, 3.05) is 29.9 Å². The third-order valence-corrected chi connectivity index (χ3v) is 5.19. The predicted molar refractivity (Wildman–Crippen MR) is 105 cm³/mol. The molecule has 1 aromatic carbocycles. The second-order valence-corrected chi connectivity index (χ2v) is 7.34. The van der Waals surface area contributed by atoms with E-state index in [9.17, 15) is 32.7 Å². The van der Waals surface area contributed by atoms with E-state index in [1.54, 1.807) is 0 Å². The molecule has 0 spiro atoms. The number of hydrogen-bond donors (Lipinski definition) is 1. The number of rotatable bonds is 4. The van der Waals surface area contributed by atoms with E-state index in [-0.39, 0.29) is 17.9 Å². The maximum Gasteiger partial charge on any atom is 0.417 e. The molecular formula is C20H17ClF4N4O2. The third-order valence-electron chi connectivity index (χ3n) is 4.90. The van der Waals surface area contributed by atoms with Gasteiger partial charge in [0.2, 0.25) is 5.91 Å². The lowest BCUT2D eigenvalue weighted by atomic mass is 9.87. The molecule has 6 nitrogen and oxygen atoms in total. The van der Waals surface area contributed by atoms with Crippen molar-refractivity contribution in [2.45, 2.75) is 19.1 Å². The summed E-state index contributed by atoms with van der Waals surface area (Å²) in [5.41, 5.74) is -2.46. The first-order valence-electron chi connectivity index (χ1n) is 10.4. The smallest absolute Gasteiger partial charge is 0.396 e. The molecule has 1 N–H and O–H groups in total. The average molecular weight is 460 g/mol. The van der Waals surface area contributed by atoms with E-state index in [1.165, 1.54) is 13.0 Å². The number of aliphatic hydroxyl groups excluding tert-OH is 1. The molecule has 0 unspecified atom stereocenters. The molecule has 11 heteroatoms. The van der Waals surface area contributed by atoms with Crippen molar-refractivity contribution in [1.82, 2.24) is 4.98 Å². The van der Waals surface area contributed by atoms with Crippen LogP contribution in [0.25, 0.3) is 0 Å². The van der Waals surface area contributed by atoms with Gasteiger partial charge in [0.05, 0.1) is 17.2 Å². The number of benzene rings is 1. The van der Waals surface area contributed by atoms with Crippen LogP contribution in [-0.4, -0.2) is 42.2 Å². The van der Waals surface area contributed by atoms with E-state index in [4.69, 9.17) is 15.7 Å². The van der Waals surface area contributed by atoms with Gasteiger partial charge in [0.25, 0.3) is 0 Å². The van der Waals surface area contributed by atoms with Gasteiger partial charge >= 0.3 is 6.18 Å². The molecule has 0 aliphatic carbocycles. The lowest BCUT2D eigenvalue weighted by Gasteiger charge is -2.48. The van der Waals surface area contributed by atoms with Gasteiger partial charge in [-0.3, -0.25) is 4.79 Å². The molecule has 1 aliphatic heterocycles. The Morgan fingerprint density at radius 2 is 2.19 bits per heavy atom. The number of aryl methyl sites for hydroxylation is 1. The highest BCUT2D eigenvalue weighted by Crippen LogP contribution is 2.40. The van der Waals surface area contributed by atoms with Crippen LogP contribution in [-0.2, 0) is 11.0 Å². The summed E-state index contributed by atoms with van der Waals surface area (Å²) in [5, 5.41) is 18.7. The SMILES string of the molecule is [2H]C([2H])([2H])N(C(=O)[C@@H]1[C@H](CO)CN1c1nc(C)cc(C(F)(F)F)c1C#N)c1ccc(F)c(Cl)c1. The fourth-order valence-corrected chi connectivity index (χ4v) is 3.55. The predicted octanol–water partition coefficient (Wildman–Crippen LogP) is 3.53. The van der Waals surface area contributed by atoms with Gasteiger partial charge in [0.1, 0.15) is 29.3 Å². The summed E-state index contributed by atoms with van der Waals surface area (Å²) in [6.45, 7) is -2.57. The Balaban J connectivity index is 2.12. The average Bonchev–Trinajstić information content (AvgIpc) is 2.68. The first kappa shape index (κ1) is 18.8. The first-order valence-corrected chi connectivity index (χ1v) is 9.24. The highest BCUT2D eigenvalue weighted by atomic mass is 35.5. The van der Waals surface area contributed by atoms with E-state index >= 15 is 0 Å². The van der Waals surface area contributed by atoms with Gasteiger partial charge in [-0.1, -0.05) is 11.6 Å². The minimum absolute atomic E-state index is 0.0852. The Morgan fingerprint density at radius 3 is 2.74 bits per heavy atom. The van der Waals surface area contributed by atoms with E-state index in [1.807, 2.05) is 0 Å². The minimum atomic E-state index is -4.89. The first-order chi connectivity index (χ1) is 15.7. The van der Waals surface area contributed by atoms with Crippen molar-refractivity contribution in [2.24, 2.45) is 5.92 Å². The number of halogens is 5. The zero-order valence-electron chi connectivity index (χ0n) is 18.9. The highest BCUT2D eigenvalue weighted by molar-refractivity contribution is 6.31. The summed E-state index contributed by atoms with van der Waals surface area (Å²) >= 11 is 5.74. The lowest BCUT2D eigenvalue weighted by molar-refractivity contribution is -0.137. The molecule has 1 aliphatic rings. The monoisotopic (exact) mass is 459 g/mol. The van der Waals surface area contributed by atoms with Gasteiger partial charge in [-0.25, -0.2) is 9.37 Å². The Hall–Kier alpha value is -2.90. The fourth-order valence-electron chi connectivity index (χ4n) is 3.38. The van der Waals surface area contributed by atoms with Gasteiger partial charge in [0.15, 0.2) is 0 Å². The lowest BCUT2D eigenvalue weighted by Crippen LogP contribution is -2.65. The molecular weight excluding hydrogens is 440 g/mol. The van der Waals surface area contributed by atoms with Crippen molar-refractivity contribution < 1.29 is 31.6 Å². The van der Waals surface area contributed by atoms with Crippen molar-refractivity contribution in [3.63, 3.8) is 0 Å². The van der Waals surface area contributed by atoms with Crippen LogP contribution < -0.4 is 9.80 Å². The minimum Gasteiger partial charge on any atom is -0.396 e. The third kappa shape index (κ3) is 4.16. The number of aromatic nitrogens is 1. The number of alkyl halides is 3. The van der Waals surface area contributed by atoms with Gasteiger partial charge < -0.3 is 14.9 Å². The van der Waals surface area contributed by atoms with Crippen LogP contribution in [0, 0.1) is 30.0 Å². The highest BCUT2D eigenvalue weighted by Gasteiger charge is 2.48. The molecule has 1 fully saturated rings. The summed E-state index contributed by atoms with van der Waals surface area (Å²) < 4.78 is 77.6. The van der Waals surface area contributed by atoms with Gasteiger partial charge in [-0.05, 0) is 31.2 Å². The molecule has 1 aromatic heterocycles. The molecule has 2 heterocycles. The summed E-state index contributed by atoms with van der Waals surface area (Å²) in [6.07, 6.45) is -4.89. The topological polar surface area (TPSA) is 80.5 Å². The Morgan fingerprint density at radius 1 is 1.48 bits per heavy atom. The number of carbonyl (C=O) groups is 1. The maximum absolute atomic E-state index is 13.6. The second-order valence-electron chi connectivity index (χ2n) is 6.93. The molecule has 31 heavy (non-hydrogen) atoms. The van der Waals surface area contributed by atoms with Gasteiger partial charge in [0, 0.05) is 34.9 Å². The number of anilines is 2. The van der Waals surface area contributed by atoms with Crippen molar-refractivity contribution in [3.8, 4) is 6.07 Å². The number of nitriles is 1. The molecule has 0 radical (unpaired) electrons. The van der Waals surface area contributed by atoms with Crippen LogP contribution in [0.4, 0.5) is 29.1 Å². The summed E-state index contributed by atoms with van der Waals surface area (Å²) in [4.78, 5) is 18.8. The van der Waals surface area contributed by atoms with Crippen molar-refractivity contribution in [1.29, 1.82) is 5.26 Å². The molecule has 164 valence electrons. The number of likely N-dealkylation sites (N-methyl/N-ethyl adjacent to an activating group) is 1. The zero-order chi connectivity index (χ0) is 25.6. The molecule has 1 saturated heterocycles. The van der Waals surface area contributed by atoms with Gasteiger partial charge in [-0.15, -0.1) is 0 Å². The molecule has 3 rings (SSSR count). The quantitative estimate of drug-likeness (QED) is 0.707. The van der Waals surface area contributed by atoms with Crippen molar-refractivity contribution >= 4 is 29.0 Å². The van der Waals surface area contributed by atoms with E-state index in [2.05, 4.69) is 4.98 Å². The Kier molecular flexibility index (Phi) is 5.06. The van der Waals surface area contributed by atoms with Crippen LogP contribution in [0.3, 0.4) is 0 Å². The van der Waals surface area contributed by atoms with E-state index in [0.717, 1.165) is 23.1 Å². The van der Waals surface area contributed by atoms with Crippen LogP contribution in [0.5, 0.6) is 0 Å². The van der Waals surface area contributed by atoms with Crippen LogP contribution in [0.2, 0.25) is 5.02 Å². The normalized spacial score (nSPS) is 20.2. The number of aliphatic hydroxyl groups is 1. The number of carbonyl (C=O) groups excluding carboxylic acids is 1. The van der Waals surface area contributed by atoms with Gasteiger partial charge in [-0.2, -0.15) is 18.4 Å².